The number of benzene rings is 2. The molecule has 166 valence electrons. The molecule has 0 aliphatic heterocycles. The minimum Gasteiger partial charge on any atom is -0.275 e. The van der Waals surface area contributed by atoms with Crippen LogP contribution in [0, 0.1) is 36.1 Å². The Morgan fingerprint density at radius 3 is 2.61 bits per heavy atom. The Bertz CT molecular complexity index is 1280. The third kappa shape index (κ3) is 4.17. The number of nitriles is 1. The molecule has 1 N–H and O–H groups in total. The second kappa shape index (κ2) is 9.05. The van der Waals surface area contributed by atoms with E-state index >= 15 is 0 Å². The summed E-state index contributed by atoms with van der Waals surface area (Å²) >= 11 is 12.7. The Labute approximate surface area is 203 Å². The highest BCUT2D eigenvalue weighted by Gasteiger charge is 2.35. The fourth-order valence-corrected chi connectivity index (χ4v) is 5.35. The molecule has 3 atom stereocenters. The molecular formula is C26H23Cl2N5. The highest BCUT2D eigenvalue weighted by molar-refractivity contribution is 6.32. The average molecular weight is 476 g/mol. The van der Waals surface area contributed by atoms with Crippen molar-refractivity contribution < 1.29 is 0 Å². The van der Waals surface area contributed by atoms with E-state index in [1.54, 1.807) is 0 Å². The molecule has 0 saturated heterocycles. The van der Waals surface area contributed by atoms with Crippen LogP contribution >= 0.6 is 23.2 Å². The normalized spacial score (nSPS) is 21.4. The molecule has 7 heteroatoms. The van der Waals surface area contributed by atoms with Gasteiger partial charge in [-0.1, -0.05) is 59.6 Å². The molecule has 0 radical (unpaired) electrons. The molecule has 33 heavy (non-hydrogen) atoms. The van der Waals surface area contributed by atoms with E-state index in [9.17, 15) is 5.26 Å². The lowest BCUT2D eigenvalue weighted by Crippen LogP contribution is -2.23. The molecule has 2 aromatic carbocycles. The monoisotopic (exact) mass is 475 g/mol. The lowest BCUT2D eigenvalue weighted by Gasteiger charge is -2.15. The number of nitrogens with one attached hydrogen (secondary N) is 1. The van der Waals surface area contributed by atoms with E-state index in [4.69, 9.17) is 33.3 Å². The first-order chi connectivity index (χ1) is 16.0. The van der Waals surface area contributed by atoms with Crippen LogP contribution in [0.5, 0.6) is 0 Å². The van der Waals surface area contributed by atoms with Gasteiger partial charge in [0.05, 0.1) is 16.4 Å². The molecule has 5 rings (SSSR count). The van der Waals surface area contributed by atoms with E-state index in [1.165, 1.54) is 6.42 Å². The average Bonchev–Trinajstić information content (AvgIpc) is 3.52. The molecule has 2 aliphatic rings. The Kier molecular flexibility index (Phi) is 5.97. The van der Waals surface area contributed by atoms with Crippen molar-refractivity contribution in [2.24, 2.45) is 22.7 Å². The minimum atomic E-state index is 0.489. The lowest BCUT2D eigenvalue weighted by molar-refractivity contribution is 0.460. The van der Waals surface area contributed by atoms with Gasteiger partial charge >= 0.3 is 0 Å². The van der Waals surface area contributed by atoms with Crippen molar-refractivity contribution in [2.75, 3.05) is 6.54 Å². The van der Waals surface area contributed by atoms with Crippen molar-refractivity contribution in [1.82, 2.24) is 15.1 Å². The van der Waals surface area contributed by atoms with Crippen LogP contribution in [-0.2, 0) is 0 Å². The SMILES string of the molecule is Cc1c(C(=NC[C@@H]2C[C@@H]3C=C[C@@H]2C3)NC#N)nn(-c2ccccc2Cl)c1-c1ccc(Cl)cc1. The van der Waals surface area contributed by atoms with E-state index in [1.807, 2.05) is 66.3 Å². The van der Waals surface area contributed by atoms with Crippen LogP contribution < -0.4 is 5.32 Å². The maximum Gasteiger partial charge on any atom is 0.182 e. The van der Waals surface area contributed by atoms with E-state index < -0.39 is 0 Å². The number of hydrogen-bond donors (Lipinski definition) is 1. The highest BCUT2D eigenvalue weighted by atomic mass is 35.5. The molecule has 1 fully saturated rings. The number of aliphatic imine (C=N–C) groups is 1. The van der Waals surface area contributed by atoms with Gasteiger partial charge in [-0.05, 0) is 61.8 Å². The van der Waals surface area contributed by atoms with Crippen LogP contribution in [0.3, 0.4) is 0 Å². The molecular weight excluding hydrogens is 453 g/mol. The first-order valence-electron chi connectivity index (χ1n) is 11.0. The molecule has 2 aliphatic carbocycles. The molecule has 1 aromatic heterocycles. The Hall–Kier alpha value is -3.07. The largest absolute Gasteiger partial charge is 0.275 e. The standard InChI is InChI=1S/C26H23Cl2N5/c1-16-24(26(31-15-29)30-14-20-13-17-6-7-19(20)12-17)32-33(23-5-3-2-4-22(23)28)25(16)18-8-10-21(27)11-9-18/h2-11,17,19-20H,12-14H2,1H3,(H,30,31)/t17-,19-,20+/m1/s1. The number of hydrogen-bond acceptors (Lipinski definition) is 3. The Morgan fingerprint density at radius 2 is 1.94 bits per heavy atom. The topological polar surface area (TPSA) is 66.0 Å². The molecule has 3 aromatic rings. The van der Waals surface area contributed by atoms with Crippen molar-refractivity contribution in [1.29, 1.82) is 5.26 Å². The van der Waals surface area contributed by atoms with Gasteiger partial charge in [-0.3, -0.25) is 10.3 Å². The van der Waals surface area contributed by atoms with Crippen molar-refractivity contribution >= 4 is 29.0 Å². The highest BCUT2D eigenvalue weighted by Crippen LogP contribution is 2.43. The third-order valence-corrected chi connectivity index (χ3v) is 7.19. The first-order valence-corrected chi connectivity index (χ1v) is 11.8. The summed E-state index contributed by atoms with van der Waals surface area (Å²) < 4.78 is 1.82. The maximum atomic E-state index is 9.45. The summed E-state index contributed by atoms with van der Waals surface area (Å²) in [6.07, 6.45) is 9.07. The molecule has 2 bridgehead atoms. The zero-order chi connectivity index (χ0) is 22.9. The van der Waals surface area contributed by atoms with Gasteiger partial charge in [-0.2, -0.15) is 10.4 Å². The molecule has 0 spiro atoms. The van der Waals surface area contributed by atoms with Crippen molar-refractivity contribution in [3.05, 3.63) is 82.0 Å². The summed E-state index contributed by atoms with van der Waals surface area (Å²) in [5.74, 6) is 2.27. The van der Waals surface area contributed by atoms with Gasteiger partial charge in [-0.25, -0.2) is 4.68 Å². The second-order valence-electron chi connectivity index (χ2n) is 8.66. The van der Waals surface area contributed by atoms with Crippen molar-refractivity contribution in [2.45, 2.75) is 19.8 Å². The minimum absolute atomic E-state index is 0.489. The Balaban J connectivity index is 1.60. The van der Waals surface area contributed by atoms with Gasteiger partial charge in [0.15, 0.2) is 12.0 Å². The van der Waals surface area contributed by atoms with E-state index in [2.05, 4.69) is 17.5 Å². The summed E-state index contributed by atoms with van der Waals surface area (Å²) in [6, 6.07) is 15.2. The third-order valence-electron chi connectivity index (χ3n) is 6.62. The van der Waals surface area contributed by atoms with Gasteiger partial charge < -0.3 is 0 Å². The maximum absolute atomic E-state index is 9.45. The number of amidine groups is 1. The zero-order valence-electron chi connectivity index (χ0n) is 18.2. The number of allylic oxidation sites excluding steroid dienone is 2. The summed E-state index contributed by atoms with van der Waals surface area (Å²) in [4.78, 5) is 4.84. The van der Waals surface area contributed by atoms with Crippen molar-refractivity contribution in [3.8, 4) is 23.1 Å². The van der Waals surface area contributed by atoms with Gasteiger partial charge in [0.1, 0.15) is 5.69 Å². The predicted molar refractivity (Wildman–Crippen MR) is 133 cm³/mol. The van der Waals surface area contributed by atoms with Crippen LogP contribution in [0.15, 0.2) is 65.7 Å². The van der Waals surface area contributed by atoms with Crippen LogP contribution in [0.2, 0.25) is 10.0 Å². The zero-order valence-corrected chi connectivity index (χ0v) is 19.7. The lowest BCUT2D eigenvalue weighted by atomic mass is 9.94. The van der Waals surface area contributed by atoms with E-state index in [0.29, 0.717) is 45.9 Å². The number of nitrogens with zero attached hydrogens (tertiary/aromatic N) is 4. The fourth-order valence-electron chi connectivity index (χ4n) is 5.00. The van der Waals surface area contributed by atoms with Crippen LogP contribution in [0.25, 0.3) is 16.9 Å². The van der Waals surface area contributed by atoms with Gasteiger partial charge in [0.25, 0.3) is 0 Å². The van der Waals surface area contributed by atoms with Crippen LogP contribution in [-0.4, -0.2) is 22.2 Å². The quantitative estimate of drug-likeness (QED) is 0.157. The molecule has 1 saturated carbocycles. The molecule has 0 unspecified atom stereocenters. The van der Waals surface area contributed by atoms with Gasteiger partial charge in [-0.15, -0.1) is 0 Å². The Morgan fingerprint density at radius 1 is 1.15 bits per heavy atom. The molecule has 0 amide bonds. The fraction of sp³-hybridized carbons (Fsp3) is 0.269. The number of halogens is 2. The first kappa shape index (κ1) is 21.8. The molecule has 5 nitrogen and oxygen atoms in total. The van der Waals surface area contributed by atoms with Crippen LogP contribution in [0.4, 0.5) is 0 Å². The number of rotatable bonds is 5. The summed E-state index contributed by atoms with van der Waals surface area (Å²) in [7, 11) is 0. The van der Waals surface area contributed by atoms with Gasteiger partial charge in [0, 0.05) is 22.7 Å². The van der Waals surface area contributed by atoms with E-state index in [0.717, 1.165) is 28.9 Å². The smallest absolute Gasteiger partial charge is 0.182 e. The van der Waals surface area contributed by atoms with Crippen molar-refractivity contribution in [3.63, 3.8) is 0 Å². The van der Waals surface area contributed by atoms with E-state index in [-0.39, 0.29) is 0 Å². The predicted octanol–water partition coefficient (Wildman–Crippen LogP) is 6.18. The number of aromatic nitrogens is 2. The number of fused-ring (bicyclic) bond motifs is 2. The summed E-state index contributed by atoms with van der Waals surface area (Å²) in [5.41, 5.74) is 4.13. The molecule has 1 heterocycles. The second-order valence-corrected chi connectivity index (χ2v) is 9.50. The van der Waals surface area contributed by atoms with Crippen LogP contribution in [0.1, 0.15) is 24.1 Å². The summed E-state index contributed by atoms with van der Waals surface area (Å²) in [6.45, 7) is 2.67. The number of para-hydroxylation sites is 1. The summed E-state index contributed by atoms with van der Waals surface area (Å²) in [5, 5.41) is 18.4. The van der Waals surface area contributed by atoms with Gasteiger partial charge in [0.2, 0.25) is 0 Å².